The van der Waals surface area contributed by atoms with E-state index in [1.807, 2.05) is 54.2 Å². The van der Waals surface area contributed by atoms with Gasteiger partial charge in [-0.15, -0.1) is 0 Å². The number of hydrogen-bond acceptors (Lipinski definition) is 3. The van der Waals surface area contributed by atoms with Gasteiger partial charge in [0.25, 0.3) is 0 Å². The van der Waals surface area contributed by atoms with Crippen LogP contribution in [-0.4, -0.2) is 16.4 Å². The third kappa shape index (κ3) is 2.81. The zero-order valence-corrected chi connectivity index (χ0v) is 11.4. The summed E-state index contributed by atoms with van der Waals surface area (Å²) < 4.78 is 7.75. The van der Waals surface area contributed by atoms with Crippen molar-refractivity contribution < 1.29 is 4.74 Å². The maximum Gasteiger partial charge on any atom is 0.137 e. The molecule has 0 unspecified atom stereocenters. The number of nitrogens with zero attached hydrogens (tertiary/aromatic N) is 2. The van der Waals surface area contributed by atoms with Crippen molar-refractivity contribution in [1.82, 2.24) is 14.7 Å². The lowest BCUT2D eigenvalue weighted by Gasteiger charge is -2.05. The van der Waals surface area contributed by atoms with E-state index in [1.165, 1.54) is 5.56 Å². The molecule has 0 atom stereocenters. The Kier molecular flexibility index (Phi) is 3.65. The molecule has 4 nitrogen and oxygen atoms in total. The second-order valence-corrected chi connectivity index (χ2v) is 4.66. The molecule has 0 saturated carbocycles. The summed E-state index contributed by atoms with van der Waals surface area (Å²) in [6.07, 6.45) is 3.98. The van der Waals surface area contributed by atoms with Crippen molar-refractivity contribution >= 4 is 5.65 Å². The second-order valence-electron chi connectivity index (χ2n) is 4.66. The van der Waals surface area contributed by atoms with Crippen molar-refractivity contribution in [1.29, 1.82) is 0 Å². The molecule has 0 saturated heterocycles. The fourth-order valence-corrected chi connectivity index (χ4v) is 2.12. The highest BCUT2D eigenvalue weighted by atomic mass is 16.5. The molecule has 0 fully saturated rings. The quantitative estimate of drug-likeness (QED) is 0.772. The van der Waals surface area contributed by atoms with Crippen molar-refractivity contribution in [3.05, 3.63) is 66.1 Å². The minimum absolute atomic E-state index is 0.479. The van der Waals surface area contributed by atoms with Gasteiger partial charge in [-0.25, -0.2) is 4.98 Å². The van der Waals surface area contributed by atoms with E-state index >= 15 is 0 Å². The lowest BCUT2D eigenvalue weighted by molar-refractivity contribution is 0.302. The van der Waals surface area contributed by atoms with Gasteiger partial charge in [0.05, 0.1) is 5.69 Å². The van der Waals surface area contributed by atoms with Crippen LogP contribution in [0.2, 0.25) is 0 Å². The van der Waals surface area contributed by atoms with Crippen LogP contribution in [0.5, 0.6) is 5.75 Å². The minimum Gasteiger partial charge on any atom is -0.487 e. The van der Waals surface area contributed by atoms with E-state index in [4.69, 9.17) is 4.74 Å². The number of benzene rings is 1. The summed E-state index contributed by atoms with van der Waals surface area (Å²) in [7, 11) is 1.94. The highest BCUT2D eigenvalue weighted by Crippen LogP contribution is 2.14. The highest BCUT2D eigenvalue weighted by molar-refractivity contribution is 5.39. The van der Waals surface area contributed by atoms with Gasteiger partial charge >= 0.3 is 0 Å². The van der Waals surface area contributed by atoms with Crippen molar-refractivity contribution in [2.45, 2.75) is 13.2 Å². The third-order valence-corrected chi connectivity index (χ3v) is 3.10. The molecular formula is C16H17N3O. The van der Waals surface area contributed by atoms with E-state index in [1.54, 1.807) is 0 Å². The van der Waals surface area contributed by atoms with E-state index < -0.39 is 0 Å². The number of pyridine rings is 1. The Hall–Kier alpha value is -2.33. The van der Waals surface area contributed by atoms with Gasteiger partial charge in [0.15, 0.2) is 0 Å². The van der Waals surface area contributed by atoms with Crippen LogP contribution < -0.4 is 10.1 Å². The normalized spacial score (nSPS) is 10.8. The molecule has 0 aliphatic rings. The van der Waals surface area contributed by atoms with Gasteiger partial charge in [0.1, 0.15) is 18.0 Å². The fraction of sp³-hybridized carbons (Fsp3) is 0.188. The number of rotatable bonds is 5. The van der Waals surface area contributed by atoms with Crippen molar-refractivity contribution in [3.8, 4) is 5.75 Å². The minimum atomic E-state index is 0.479. The van der Waals surface area contributed by atoms with Crippen LogP contribution >= 0.6 is 0 Å². The number of hydrogen-bond donors (Lipinski definition) is 1. The van der Waals surface area contributed by atoms with E-state index in [0.29, 0.717) is 6.61 Å². The van der Waals surface area contributed by atoms with Crippen LogP contribution in [0.15, 0.2) is 54.9 Å². The third-order valence-electron chi connectivity index (χ3n) is 3.10. The summed E-state index contributed by atoms with van der Waals surface area (Å²) in [6, 6.07) is 14.1. The van der Waals surface area contributed by atoms with Gasteiger partial charge in [0, 0.05) is 18.9 Å². The number of imidazole rings is 1. The second kappa shape index (κ2) is 5.75. The lowest BCUT2D eigenvalue weighted by Crippen LogP contribution is -2.04. The van der Waals surface area contributed by atoms with E-state index in [0.717, 1.165) is 23.6 Å². The van der Waals surface area contributed by atoms with Crippen LogP contribution in [0, 0.1) is 0 Å². The molecule has 1 aromatic carbocycles. The summed E-state index contributed by atoms with van der Waals surface area (Å²) in [5.74, 6) is 0.863. The standard InChI is InChI=1S/C16H17N3O/c1-17-10-13-5-7-15(8-6-13)20-12-14-11-19-9-3-2-4-16(19)18-14/h2-9,11,17H,10,12H2,1H3. The average molecular weight is 267 g/mol. The summed E-state index contributed by atoms with van der Waals surface area (Å²) in [4.78, 5) is 4.50. The predicted octanol–water partition coefficient (Wildman–Crippen LogP) is 2.63. The van der Waals surface area contributed by atoms with Crippen LogP contribution in [0.4, 0.5) is 0 Å². The molecule has 102 valence electrons. The smallest absolute Gasteiger partial charge is 0.137 e. The largest absolute Gasteiger partial charge is 0.487 e. The Morgan fingerprint density at radius 3 is 2.75 bits per heavy atom. The number of ether oxygens (including phenoxy) is 1. The zero-order chi connectivity index (χ0) is 13.8. The summed E-state index contributed by atoms with van der Waals surface area (Å²) >= 11 is 0. The molecule has 2 aromatic heterocycles. The van der Waals surface area contributed by atoms with E-state index in [2.05, 4.69) is 22.4 Å². The molecule has 0 aliphatic heterocycles. The Morgan fingerprint density at radius 1 is 1.15 bits per heavy atom. The molecular weight excluding hydrogens is 250 g/mol. The van der Waals surface area contributed by atoms with Gasteiger partial charge < -0.3 is 14.5 Å². The number of fused-ring (bicyclic) bond motifs is 1. The topological polar surface area (TPSA) is 38.6 Å². The Morgan fingerprint density at radius 2 is 2.00 bits per heavy atom. The van der Waals surface area contributed by atoms with Crippen LogP contribution in [0.25, 0.3) is 5.65 Å². The molecule has 0 bridgehead atoms. The summed E-state index contributed by atoms with van der Waals surface area (Å²) in [5.41, 5.74) is 3.11. The molecule has 2 heterocycles. The number of aromatic nitrogens is 2. The Labute approximate surface area is 118 Å². The van der Waals surface area contributed by atoms with Crippen molar-refractivity contribution in [2.75, 3.05) is 7.05 Å². The fourth-order valence-electron chi connectivity index (χ4n) is 2.12. The first-order valence-electron chi connectivity index (χ1n) is 6.64. The molecule has 3 rings (SSSR count). The number of nitrogens with one attached hydrogen (secondary N) is 1. The molecule has 1 N–H and O–H groups in total. The van der Waals surface area contributed by atoms with Gasteiger partial charge in [-0.3, -0.25) is 0 Å². The first-order chi connectivity index (χ1) is 9.85. The SMILES string of the molecule is CNCc1ccc(OCc2cn3ccccc3n2)cc1. The monoisotopic (exact) mass is 267 g/mol. The summed E-state index contributed by atoms with van der Waals surface area (Å²) in [6.45, 7) is 1.35. The highest BCUT2D eigenvalue weighted by Gasteiger charge is 2.02. The Balaban J connectivity index is 1.66. The van der Waals surface area contributed by atoms with E-state index in [-0.39, 0.29) is 0 Å². The molecule has 20 heavy (non-hydrogen) atoms. The van der Waals surface area contributed by atoms with E-state index in [9.17, 15) is 0 Å². The van der Waals surface area contributed by atoms with Gasteiger partial charge in [-0.05, 0) is 36.9 Å². The molecule has 0 radical (unpaired) electrons. The predicted molar refractivity (Wildman–Crippen MR) is 78.7 cm³/mol. The summed E-state index contributed by atoms with van der Waals surface area (Å²) in [5, 5.41) is 3.12. The van der Waals surface area contributed by atoms with Gasteiger partial charge in [-0.2, -0.15) is 0 Å². The maximum absolute atomic E-state index is 5.76. The van der Waals surface area contributed by atoms with Gasteiger partial charge in [-0.1, -0.05) is 18.2 Å². The van der Waals surface area contributed by atoms with Gasteiger partial charge in [0.2, 0.25) is 0 Å². The zero-order valence-electron chi connectivity index (χ0n) is 11.4. The molecule has 3 aromatic rings. The molecule has 0 spiro atoms. The Bertz CT molecular complexity index is 655. The van der Waals surface area contributed by atoms with Crippen LogP contribution in [0.3, 0.4) is 0 Å². The first-order valence-corrected chi connectivity index (χ1v) is 6.64. The van der Waals surface area contributed by atoms with Crippen molar-refractivity contribution in [3.63, 3.8) is 0 Å². The maximum atomic E-state index is 5.76. The molecule has 0 aliphatic carbocycles. The van der Waals surface area contributed by atoms with Crippen LogP contribution in [0.1, 0.15) is 11.3 Å². The van der Waals surface area contributed by atoms with Crippen molar-refractivity contribution in [2.24, 2.45) is 0 Å². The molecule has 0 amide bonds. The average Bonchev–Trinajstić information content (AvgIpc) is 2.90. The first kappa shape index (κ1) is 12.7. The van der Waals surface area contributed by atoms with Crippen LogP contribution in [-0.2, 0) is 13.2 Å². The molecule has 4 heteroatoms. The lowest BCUT2D eigenvalue weighted by atomic mass is 10.2.